The van der Waals surface area contributed by atoms with Gasteiger partial charge >= 0.3 is 6.18 Å². The molecule has 0 aliphatic carbocycles. The van der Waals surface area contributed by atoms with E-state index in [9.17, 15) is 13.2 Å². The van der Waals surface area contributed by atoms with Crippen LogP contribution in [0.5, 0.6) is 0 Å². The van der Waals surface area contributed by atoms with E-state index in [-0.39, 0.29) is 6.04 Å². The zero-order valence-electron chi connectivity index (χ0n) is 12.6. The van der Waals surface area contributed by atoms with E-state index in [4.69, 9.17) is 11.6 Å². The first kappa shape index (κ1) is 16.3. The third-order valence-corrected chi connectivity index (χ3v) is 4.45. The highest BCUT2D eigenvalue weighted by atomic mass is 35.5. The fourth-order valence-corrected chi connectivity index (χ4v) is 3.13. The Bertz CT molecular complexity index is 659. The lowest BCUT2D eigenvalue weighted by atomic mass is 10.1. The number of hydrogen-bond donors (Lipinski definition) is 0. The lowest BCUT2D eigenvalue weighted by molar-refractivity contribution is -0.141. The minimum Gasteiger partial charge on any atom is -0.295 e. The zero-order chi connectivity index (χ0) is 16.6. The number of halogens is 4. The highest BCUT2D eigenvalue weighted by Crippen LogP contribution is 2.29. The predicted octanol–water partition coefficient (Wildman–Crippen LogP) is 3.13. The normalized spacial score (nSPS) is 20.1. The molecule has 1 saturated heterocycles. The van der Waals surface area contributed by atoms with Gasteiger partial charge in [-0.2, -0.15) is 23.4 Å². The van der Waals surface area contributed by atoms with Gasteiger partial charge in [-0.25, -0.2) is 0 Å². The van der Waals surface area contributed by atoms with Gasteiger partial charge in [0.05, 0.1) is 23.0 Å². The topological polar surface area (TPSA) is 38.9 Å². The lowest BCUT2D eigenvalue weighted by Crippen LogP contribution is -2.37. The molecule has 0 unspecified atom stereocenters. The molecule has 0 bridgehead atoms. The van der Waals surface area contributed by atoms with E-state index < -0.39 is 11.9 Å². The Hall–Kier alpha value is -1.54. The van der Waals surface area contributed by atoms with Gasteiger partial charge in [-0.05, 0) is 25.5 Å². The fraction of sp³-hybridized carbons (Fsp3) is 0.571. The molecule has 1 aliphatic rings. The summed E-state index contributed by atoms with van der Waals surface area (Å²) in [5.41, 5.74) is 0.0630. The summed E-state index contributed by atoms with van der Waals surface area (Å²) < 4.78 is 41.2. The summed E-state index contributed by atoms with van der Waals surface area (Å²) in [6.45, 7) is 2.14. The molecule has 0 N–H and O–H groups in total. The lowest BCUT2D eigenvalue weighted by Gasteiger charge is -2.32. The number of hydrogen-bond acceptors (Lipinski definition) is 3. The van der Waals surface area contributed by atoms with Crippen molar-refractivity contribution in [1.82, 2.24) is 24.5 Å². The van der Waals surface area contributed by atoms with Crippen LogP contribution in [0.15, 0.2) is 18.5 Å². The smallest absolute Gasteiger partial charge is 0.295 e. The van der Waals surface area contributed by atoms with Gasteiger partial charge in [-0.3, -0.25) is 14.3 Å². The molecule has 1 aliphatic heterocycles. The van der Waals surface area contributed by atoms with E-state index in [1.165, 1.54) is 10.9 Å². The summed E-state index contributed by atoms with van der Waals surface area (Å²) in [4.78, 5) is 2.17. The number of likely N-dealkylation sites (tertiary alicyclic amines) is 1. The summed E-state index contributed by atoms with van der Waals surface area (Å²) in [5, 5.41) is 8.40. The second kappa shape index (κ2) is 6.16. The van der Waals surface area contributed by atoms with Crippen molar-refractivity contribution in [2.75, 3.05) is 13.1 Å². The Balaban J connectivity index is 1.70. The van der Waals surface area contributed by atoms with Crippen LogP contribution in [-0.4, -0.2) is 37.6 Å². The van der Waals surface area contributed by atoms with E-state index in [1.54, 1.807) is 10.9 Å². The molecular weight excluding hydrogens is 331 g/mol. The second-order valence-electron chi connectivity index (χ2n) is 5.77. The molecule has 0 aromatic carbocycles. The standard InChI is InChI=1S/C14H17ClF3N5/c1-21-12(11(15)7-19-21)9-22-5-2-3-10(8-22)23-6-4-13(20-23)14(16,17)18/h4,6-7,10H,2-3,5,8-9H2,1H3/t10-/m1/s1. The van der Waals surface area contributed by atoms with Crippen molar-refractivity contribution in [2.24, 2.45) is 7.05 Å². The molecule has 126 valence electrons. The zero-order valence-corrected chi connectivity index (χ0v) is 13.3. The molecule has 0 amide bonds. The summed E-state index contributed by atoms with van der Waals surface area (Å²) in [6, 6.07) is 0.962. The average Bonchev–Trinajstić information content (AvgIpc) is 3.10. The van der Waals surface area contributed by atoms with E-state index in [0.717, 1.165) is 31.1 Å². The summed E-state index contributed by atoms with van der Waals surface area (Å²) >= 11 is 6.12. The quantitative estimate of drug-likeness (QED) is 0.856. The third-order valence-electron chi connectivity index (χ3n) is 4.14. The van der Waals surface area contributed by atoms with Crippen LogP contribution in [0.4, 0.5) is 13.2 Å². The molecule has 1 fully saturated rings. The van der Waals surface area contributed by atoms with Gasteiger partial charge in [0.1, 0.15) is 0 Å². The first-order chi connectivity index (χ1) is 10.8. The van der Waals surface area contributed by atoms with Crippen LogP contribution in [0, 0.1) is 0 Å². The van der Waals surface area contributed by atoms with Crippen molar-refractivity contribution in [3.05, 3.63) is 34.9 Å². The highest BCUT2D eigenvalue weighted by molar-refractivity contribution is 6.31. The molecule has 9 heteroatoms. The van der Waals surface area contributed by atoms with Crippen LogP contribution in [0.2, 0.25) is 5.02 Å². The van der Waals surface area contributed by atoms with Gasteiger partial charge in [-0.15, -0.1) is 0 Å². The van der Waals surface area contributed by atoms with Crippen LogP contribution in [0.3, 0.4) is 0 Å². The minimum atomic E-state index is -4.40. The predicted molar refractivity (Wildman–Crippen MR) is 79.0 cm³/mol. The van der Waals surface area contributed by atoms with Crippen molar-refractivity contribution in [2.45, 2.75) is 31.6 Å². The summed E-state index contributed by atoms with van der Waals surface area (Å²) in [7, 11) is 1.83. The van der Waals surface area contributed by atoms with Crippen LogP contribution < -0.4 is 0 Å². The first-order valence-electron chi connectivity index (χ1n) is 7.35. The second-order valence-corrected chi connectivity index (χ2v) is 6.18. The highest BCUT2D eigenvalue weighted by Gasteiger charge is 2.34. The number of aryl methyl sites for hydroxylation is 1. The number of nitrogens with zero attached hydrogens (tertiary/aromatic N) is 5. The molecule has 2 aromatic heterocycles. The van der Waals surface area contributed by atoms with E-state index in [2.05, 4.69) is 15.1 Å². The SMILES string of the molecule is Cn1ncc(Cl)c1CN1CCC[C@@H](n2ccc(C(F)(F)F)n2)C1. The van der Waals surface area contributed by atoms with Crippen LogP contribution in [0.25, 0.3) is 0 Å². The molecule has 1 atom stereocenters. The molecule has 0 saturated carbocycles. The molecule has 2 aromatic rings. The maximum absolute atomic E-state index is 12.7. The van der Waals surface area contributed by atoms with Crippen molar-refractivity contribution in [3.8, 4) is 0 Å². The van der Waals surface area contributed by atoms with Crippen molar-refractivity contribution in [3.63, 3.8) is 0 Å². The fourth-order valence-electron chi connectivity index (χ4n) is 2.91. The van der Waals surface area contributed by atoms with E-state index in [1.807, 2.05) is 7.05 Å². The van der Waals surface area contributed by atoms with Gasteiger partial charge in [0.15, 0.2) is 5.69 Å². The Morgan fingerprint density at radius 2 is 2.17 bits per heavy atom. The van der Waals surface area contributed by atoms with Gasteiger partial charge in [0.2, 0.25) is 0 Å². The van der Waals surface area contributed by atoms with Gasteiger partial charge in [-0.1, -0.05) is 11.6 Å². The Labute approximate surface area is 136 Å². The van der Waals surface area contributed by atoms with Crippen molar-refractivity contribution < 1.29 is 13.2 Å². The summed E-state index contributed by atoms with van der Waals surface area (Å²) in [5.74, 6) is 0. The average molecular weight is 348 g/mol. The Kier molecular flexibility index (Phi) is 4.37. The van der Waals surface area contributed by atoms with Crippen molar-refractivity contribution in [1.29, 1.82) is 0 Å². The summed E-state index contributed by atoms with van der Waals surface area (Å²) in [6.07, 6.45) is 0.327. The molecule has 0 spiro atoms. The number of piperidine rings is 1. The van der Waals surface area contributed by atoms with E-state index in [0.29, 0.717) is 18.1 Å². The number of aromatic nitrogens is 4. The van der Waals surface area contributed by atoms with E-state index >= 15 is 0 Å². The molecule has 3 rings (SSSR count). The Morgan fingerprint density at radius 3 is 2.78 bits per heavy atom. The van der Waals surface area contributed by atoms with Crippen LogP contribution in [0.1, 0.15) is 30.3 Å². The molecular formula is C14H17ClF3N5. The van der Waals surface area contributed by atoms with Gasteiger partial charge in [0, 0.05) is 26.3 Å². The van der Waals surface area contributed by atoms with Crippen LogP contribution >= 0.6 is 11.6 Å². The molecule has 0 radical (unpaired) electrons. The van der Waals surface area contributed by atoms with Gasteiger partial charge < -0.3 is 0 Å². The largest absolute Gasteiger partial charge is 0.435 e. The van der Waals surface area contributed by atoms with Crippen molar-refractivity contribution >= 4 is 11.6 Å². The minimum absolute atomic E-state index is 0.0631. The first-order valence-corrected chi connectivity index (χ1v) is 7.73. The molecule has 3 heterocycles. The van der Waals surface area contributed by atoms with Gasteiger partial charge in [0.25, 0.3) is 0 Å². The monoisotopic (exact) mass is 347 g/mol. The molecule has 5 nitrogen and oxygen atoms in total. The maximum atomic E-state index is 12.7. The maximum Gasteiger partial charge on any atom is 0.435 e. The Morgan fingerprint density at radius 1 is 1.39 bits per heavy atom. The third kappa shape index (κ3) is 3.53. The van der Waals surface area contributed by atoms with Crippen LogP contribution in [-0.2, 0) is 19.8 Å². The number of alkyl halides is 3. The molecule has 23 heavy (non-hydrogen) atoms. The number of rotatable bonds is 3.